The van der Waals surface area contributed by atoms with E-state index in [2.05, 4.69) is 27.5 Å². The third kappa shape index (κ3) is 5.18. The SMILES string of the molecule is CCCNc1cc(NCCC(=O)N2CCOCC2)ncn1. The fourth-order valence-electron chi connectivity index (χ4n) is 2.07. The molecule has 0 radical (unpaired) electrons. The van der Waals surface area contributed by atoms with Gasteiger partial charge in [-0.2, -0.15) is 0 Å². The highest BCUT2D eigenvalue weighted by molar-refractivity contribution is 5.76. The van der Waals surface area contributed by atoms with Crippen molar-refractivity contribution in [2.75, 3.05) is 50.0 Å². The molecule has 0 saturated carbocycles. The first kappa shape index (κ1) is 15.5. The fourth-order valence-corrected chi connectivity index (χ4v) is 2.07. The Morgan fingerprint density at radius 2 is 1.90 bits per heavy atom. The largest absolute Gasteiger partial charge is 0.378 e. The molecular weight excluding hydrogens is 270 g/mol. The second-order valence-electron chi connectivity index (χ2n) is 4.89. The maximum atomic E-state index is 12.0. The predicted octanol–water partition coefficient (Wildman–Crippen LogP) is 0.959. The number of nitrogens with one attached hydrogen (secondary N) is 2. The van der Waals surface area contributed by atoms with Crippen molar-refractivity contribution in [3.63, 3.8) is 0 Å². The molecule has 2 heterocycles. The van der Waals surface area contributed by atoms with E-state index >= 15 is 0 Å². The summed E-state index contributed by atoms with van der Waals surface area (Å²) >= 11 is 0. The van der Waals surface area contributed by atoms with Gasteiger partial charge in [-0.1, -0.05) is 6.92 Å². The van der Waals surface area contributed by atoms with E-state index in [1.807, 2.05) is 11.0 Å². The predicted molar refractivity (Wildman–Crippen MR) is 81.3 cm³/mol. The van der Waals surface area contributed by atoms with Gasteiger partial charge in [-0.25, -0.2) is 9.97 Å². The highest BCUT2D eigenvalue weighted by atomic mass is 16.5. The zero-order valence-electron chi connectivity index (χ0n) is 12.5. The molecule has 2 N–H and O–H groups in total. The summed E-state index contributed by atoms with van der Waals surface area (Å²) in [6, 6.07) is 1.86. The third-order valence-corrected chi connectivity index (χ3v) is 3.23. The molecule has 1 aromatic heterocycles. The normalized spacial score (nSPS) is 14.8. The molecule has 7 heteroatoms. The number of rotatable bonds is 7. The smallest absolute Gasteiger partial charge is 0.224 e. The Labute approximate surface area is 125 Å². The lowest BCUT2D eigenvalue weighted by Gasteiger charge is -2.26. The van der Waals surface area contributed by atoms with Crippen molar-refractivity contribution in [3.05, 3.63) is 12.4 Å². The van der Waals surface area contributed by atoms with Crippen molar-refractivity contribution in [1.82, 2.24) is 14.9 Å². The number of anilines is 2. The van der Waals surface area contributed by atoms with Crippen LogP contribution in [-0.4, -0.2) is 60.2 Å². The van der Waals surface area contributed by atoms with E-state index in [1.54, 1.807) is 0 Å². The van der Waals surface area contributed by atoms with Crippen LogP contribution in [0.5, 0.6) is 0 Å². The Balaban J connectivity index is 1.73. The van der Waals surface area contributed by atoms with E-state index in [9.17, 15) is 4.79 Å². The van der Waals surface area contributed by atoms with Gasteiger partial charge in [0.25, 0.3) is 0 Å². The average molecular weight is 293 g/mol. The number of morpholine rings is 1. The lowest BCUT2D eigenvalue weighted by atomic mass is 10.3. The summed E-state index contributed by atoms with van der Waals surface area (Å²) < 4.78 is 5.24. The first-order valence-corrected chi connectivity index (χ1v) is 7.45. The fraction of sp³-hybridized carbons (Fsp3) is 0.643. The number of carbonyl (C=O) groups excluding carboxylic acids is 1. The van der Waals surface area contributed by atoms with Gasteiger partial charge in [0.05, 0.1) is 13.2 Å². The molecule has 7 nitrogen and oxygen atoms in total. The minimum absolute atomic E-state index is 0.157. The minimum atomic E-state index is 0.157. The van der Waals surface area contributed by atoms with Crippen LogP contribution in [-0.2, 0) is 9.53 Å². The van der Waals surface area contributed by atoms with Gasteiger partial charge in [0.15, 0.2) is 0 Å². The summed E-state index contributed by atoms with van der Waals surface area (Å²) in [4.78, 5) is 22.1. The molecule has 0 unspecified atom stereocenters. The van der Waals surface area contributed by atoms with Crippen LogP contribution in [0, 0.1) is 0 Å². The third-order valence-electron chi connectivity index (χ3n) is 3.23. The maximum absolute atomic E-state index is 12.0. The highest BCUT2D eigenvalue weighted by Crippen LogP contribution is 2.09. The second kappa shape index (κ2) is 8.41. The van der Waals surface area contributed by atoms with E-state index in [4.69, 9.17) is 4.74 Å². The first-order chi connectivity index (χ1) is 10.3. The molecule has 0 aromatic carbocycles. The summed E-state index contributed by atoms with van der Waals surface area (Å²) in [7, 11) is 0. The number of carbonyl (C=O) groups is 1. The molecule has 2 rings (SSSR count). The van der Waals surface area contributed by atoms with Crippen LogP contribution < -0.4 is 10.6 Å². The Morgan fingerprint density at radius 1 is 1.24 bits per heavy atom. The van der Waals surface area contributed by atoms with Gasteiger partial charge in [-0.15, -0.1) is 0 Å². The van der Waals surface area contributed by atoms with E-state index < -0.39 is 0 Å². The second-order valence-corrected chi connectivity index (χ2v) is 4.89. The van der Waals surface area contributed by atoms with E-state index in [1.165, 1.54) is 6.33 Å². The number of ether oxygens (including phenoxy) is 1. The van der Waals surface area contributed by atoms with Crippen LogP contribution in [0.1, 0.15) is 19.8 Å². The van der Waals surface area contributed by atoms with Crippen LogP contribution in [0.2, 0.25) is 0 Å². The molecule has 0 atom stereocenters. The molecule has 1 saturated heterocycles. The lowest BCUT2D eigenvalue weighted by Crippen LogP contribution is -2.41. The Bertz CT molecular complexity index is 449. The molecular formula is C14H23N5O2. The molecule has 116 valence electrons. The van der Waals surface area contributed by atoms with Crippen LogP contribution in [0.25, 0.3) is 0 Å². The average Bonchev–Trinajstić information content (AvgIpc) is 2.54. The summed E-state index contributed by atoms with van der Waals surface area (Å²) in [6.07, 6.45) is 3.02. The highest BCUT2D eigenvalue weighted by Gasteiger charge is 2.15. The van der Waals surface area contributed by atoms with Gasteiger partial charge in [-0.3, -0.25) is 4.79 Å². The van der Waals surface area contributed by atoms with Crippen LogP contribution in [0.4, 0.5) is 11.6 Å². The molecule has 0 spiro atoms. The summed E-state index contributed by atoms with van der Waals surface area (Å²) in [6.45, 7) is 6.21. The van der Waals surface area contributed by atoms with Gasteiger partial charge in [-0.05, 0) is 6.42 Å². The molecule has 21 heavy (non-hydrogen) atoms. The topological polar surface area (TPSA) is 79.4 Å². The molecule has 1 aliphatic heterocycles. The van der Waals surface area contributed by atoms with E-state index in [-0.39, 0.29) is 5.91 Å². The van der Waals surface area contributed by atoms with Gasteiger partial charge in [0.1, 0.15) is 18.0 Å². The number of aromatic nitrogens is 2. The van der Waals surface area contributed by atoms with Crippen LogP contribution in [0.15, 0.2) is 12.4 Å². The van der Waals surface area contributed by atoms with Crippen molar-refractivity contribution >= 4 is 17.5 Å². The zero-order chi connectivity index (χ0) is 14.9. The minimum Gasteiger partial charge on any atom is -0.378 e. The van der Waals surface area contributed by atoms with Crippen molar-refractivity contribution in [2.45, 2.75) is 19.8 Å². The number of hydrogen-bond acceptors (Lipinski definition) is 6. The monoisotopic (exact) mass is 293 g/mol. The molecule has 1 aliphatic rings. The zero-order valence-corrected chi connectivity index (χ0v) is 12.5. The molecule has 1 aromatic rings. The van der Waals surface area contributed by atoms with Crippen molar-refractivity contribution < 1.29 is 9.53 Å². The van der Waals surface area contributed by atoms with Gasteiger partial charge in [0, 0.05) is 38.7 Å². The molecule has 0 bridgehead atoms. The lowest BCUT2D eigenvalue weighted by molar-refractivity contribution is -0.134. The Morgan fingerprint density at radius 3 is 2.57 bits per heavy atom. The Kier molecular flexibility index (Phi) is 6.21. The van der Waals surface area contributed by atoms with E-state index in [0.29, 0.717) is 39.3 Å². The standard InChI is InChI=1S/C14H23N5O2/c1-2-4-15-12-10-13(18-11-17-12)16-5-3-14(20)19-6-8-21-9-7-19/h10-11H,2-9H2,1H3,(H2,15,16,17,18). The quantitative estimate of drug-likeness (QED) is 0.779. The van der Waals surface area contributed by atoms with Crippen LogP contribution in [0.3, 0.4) is 0 Å². The number of hydrogen-bond donors (Lipinski definition) is 2. The summed E-state index contributed by atoms with van der Waals surface area (Å²) in [5.41, 5.74) is 0. The first-order valence-electron chi connectivity index (χ1n) is 7.45. The molecule has 1 amide bonds. The number of amides is 1. The Hall–Kier alpha value is -1.89. The summed E-state index contributed by atoms with van der Waals surface area (Å²) in [5, 5.41) is 6.37. The number of nitrogens with zero attached hydrogens (tertiary/aromatic N) is 3. The van der Waals surface area contributed by atoms with Crippen molar-refractivity contribution in [3.8, 4) is 0 Å². The maximum Gasteiger partial charge on any atom is 0.224 e. The molecule has 1 fully saturated rings. The van der Waals surface area contributed by atoms with Gasteiger partial charge in [0.2, 0.25) is 5.91 Å². The van der Waals surface area contributed by atoms with Gasteiger partial charge >= 0.3 is 0 Å². The molecule has 0 aliphatic carbocycles. The van der Waals surface area contributed by atoms with E-state index in [0.717, 1.165) is 24.6 Å². The van der Waals surface area contributed by atoms with Crippen LogP contribution >= 0.6 is 0 Å². The summed E-state index contributed by atoms with van der Waals surface area (Å²) in [5.74, 6) is 1.69. The van der Waals surface area contributed by atoms with Crippen molar-refractivity contribution in [1.29, 1.82) is 0 Å². The van der Waals surface area contributed by atoms with Gasteiger partial charge < -0.3 is 20.3 Å². The van der Waals surface area contributed by atoms with Crippen molar-refractivity contribution in [2.24, 2.45) is 0 Å².